The van der Waals surface area contributed by atoms with E-state index in [9.17, 15) is 0 Å². The Kier molecular flexibility index (Phi) is 7.90. The zero-order valence-electron chi connectivity index (χ0n) is 23.3. The van der Waals surface area contributed by atoms with Crippen LogP contribution in [0.1, 0.15) is 88.0 Å². The Morgan fingerprint density at radius 3 is 2.08 bits per heavy atom. The molecule has 0 N–H and O–H groups in total. The summed E-state index contributed by atoms with van der Waals surface area (Å²) in [5.74, 6) is 0. The topological polar surface area (TPSA) is 54.7 Å². The SMILES string of the molecule is CCC1=C(C)/C2=C/c3[n-]c(c(C)c3CC)/C=C3\[N-]C(/C=c4\[n-]/c(c(C)c4CC)=C\C1=N2)C(C)=C3CC.[Pt]. The summed E-state index contributed by atoms with van der Waals surface area (Å²) in [6.45, 7) is 17.7. The molecule has 2 aromatic rings. The van der Waals surface area contributed by atoms with E-state index in [4.69, 9.17) is 20.3 Å². The van der Waals surface area contributed by atoms with Gasteiger partial charge >= 0.3 is 0 Å². The third kappa shape index (κ3) is 4.52. The molecule has 4 nitrogen and oxygen atoms in total. The zero-order valence-corrected chi connectivity index (χ0v) is 25.6. The molecule has 0 saturated carbocycles. The van der Waals surface area contributed by atoms with Crippen LogP contribution in [0.2, 0.25) is 0 Å². The van der Waals surface area contributed by atoms with E-state index in [1.165, 1.54) is 44.5 Å². The maximum absolute atomic E-state index is 5.19. The van der Waals surface area contributed by atoms with Gasteiger partial charge in [-0.15, -0.1) is 33.9 Å². The number of rotatable bonds is 4. The molecule has 5 rings (SSSR count). The van der Waals surface area contributed by atoms with Gasteiger partial charge in [0.05, 0.1) is 11.4 Å². The van der Waals surface area contributed by atoms with Crippen molar-refractivity contribution in [3.8, 4) is 0 Å². The molecule has 1 unspecified atom stereocenters. The molecule has 1 atom stereocenters. The van der Waals surface area contributed by atoms with E-state index in [0.29, 0.717) is 0 Å². The predicted octanol–water partition coefficient (Wildman–Crippen LogP) is 5.96. The molecule has 0 aliphatic carbocycles. The van der Waals surface area contributed by atoms with Gasteiger partial charge in [-0.3, -0.25) is 0 Å². The van der Waals surface area contributed by atoms with Crippen LogP contribution in [0.25, 0.3) is 29.6 Å². The van der Waals surface area contributed by atoms with Crippen LogP contribution in [-0.4, -0.2) is 11.8 Å². The summed E-state index contributed by atoms with van der Waals surface area (Å²) in [6, 6.07) is 0.00982. The number of aromatic nitrogens is 2. The van der Waals surface area contributed by atoms with Crippen molar-refractivity contribution in [1.82, 2.24) is 9.97 Å². The summed E-state index contributed by atoms with van der Waals surface area (Å²) in [5, 5.41) is 7.27. The minimum absolute atomic E-state index is 0. The van der Waals surface area contributed by atoms with E-state index >= 15 is 0 Å². The quantitative estimate of drug-likeness (QED) is 0.403. The monoisotopic (exact) mass is 672 g/mol. The number of hydrogen-bond donors (Lipinski definition) is 0. The fraction of sp³-hybridized carbons (Fsp3) is 0.406. The Morgan fingerprint density at radius 1 is 0.730 bits per heavy atom. The molecule has 198 valence electrons. The van der Waals surface area contributed by atoms with E-state index in [-0.39, 0.29) is 27.1 Å². The first-order valence-corrected chi connectivity index (χ1v) is 13.5. The second-order valence-electron chi connectivity index (χ2n) is 10.1. The first kappa shape index (κ1) is 27.5. The molecule has 37 heavy (non-hydrogen) atoms. The van der Waals surface area contributed by atoms with Crippen LogP contribution in [0.4, 0.5) is 0 Å². The number of allylic oxidation sites excluding steroid dienone is 3. The van der Waals surface area contributed by atoms with Gasteiger partial charge in [0.15, 0.2) is 0 Å². The van der Waals surface area contributed by atoms with Crippen molar-refractivity contribution in [1.29, 1.82) is 0 Å². The van der Waals surface area contributed by atoms with E-state index in [2.05, 4.69) is 79.7 Å². The minimum atomic E-state index is 0. The first-order valence-electron chi connectivity index (χ1n) is 13.5. The van der Waals surface area contributed by atoms with Crippen LogP contribution in [0.3, 0.4) is 0 Å². The predicted molar refractivity (Wildman–Crippen MR) is 152 cm³/mol. The molecule has 3 aliphatic heterocycles. The Balaban J connectivity index is 0.00000320. The van der Waals surface area contributed by atoms with Crippen LogP contribution in [0.15, 0.2) is 38.7 Å². The average molecular weight is 673 g/mol. The van der Waals surface area contributed by atoms with Crippen molar-refractivity contribution in [2.24, 2.45) is 4.99 Å². The maximum Gasteiger partial charge on any atom is 0.0660 e. The molecule has 0 saturated heterocycles. The fourth-order valence-corrected chi connectivity index (χ4v) is 6.01. The normalized spacial score (nSPS) is 23.2. The second-order valence-corrected chi connectivity index (χ2v) is 10.1. The fourth-order valence-electron chi connectivity index (χ4n) is 6.01. The third-order valence-electron chi connectivity index (χ3n) is 8.22. The Morgan fingerprint density at radius 2 is 1.43 bits per heavy atom. The van der Waals surface area contributed by atoms with Crippen LogP contribution >= 0.6 is 0 Å². The van der Waals surface area contributed by atoms with Gasteiger partial charge in [0.25, 0.3) is 0 Å². The Bertz CT molecular complexity index is 1530. The van der Waals surface area contributed by atoms with Crippen LogP contribution < -0.4 is 20.7 Å². The number of hydrogen-bond acceptors (Lipinski definition) is 1. The molecule has 5 heteroatoms. The molecule has 0 amide bonds. The largest absolute Gasteiger partial charge is 0.675 e. The summed E-state index contributed by atoms with van der Waals surface area (Å²) in [5.41, 5.74) is 15.4. The van der Waals surface area contributed by atoms with Gasteiger partial charge in [0.1, 0.15) is 0 Å². The first-order chi connectivity index (χ1) is 17.3. The molecule has 0 spiro atoms. The van der Waals surface area contributed by atoms with Gasteiger partial charge in [0, 0.05) is 21.1 Å². The molecular formula is C32H37N4Pt-3. The van der Waals surface area contributed by atoms with Crippen molar-refractivity contribution in [3.05, 3.63) is 83.3 Å². The average Bonchev–Trinajstić information content (AvgIpc) is 3.51. The molecule has 8 bridgehead atoms. The summed E-state index contributed by atoms with van der Waals surface area (Å²) >= 11 is 0. The van der Waals surface area contributed by atoms with Crippen LogP contribution in [-0.2, 0) is 33.9 Å². The Labute approximate surface area is 235 Å². The zero-order chi connectivity index (χ0) is 25.7. The second kappa shape index (κ2) is 10.7. The minimum Gasteiger partial charge on any atom is -0.675 e. The molecule has 0 aromatic carbocycles. The van der Waals surface area contributed by atoms with Crippen LogP contribution in [0.5, 0.6) is 0 Å². The van der Waals surface area contributed by atoms with Crippen LogP contribution in [0, 0.1) is 13.8 Å². The van der Waals surface area contributed by atoms with Crippen molar-refractivity contribution >= 4 is 30.0 Å². The molecule has 2 aromatic heterocycles. The maximum atomic E-state index is 5.19. The van der Waals surface area contributed by atoms with E-state index in [1.54, 1.807) is 0 Å². The molecule has 0 radical (unpaired) electrons. The summed E-state index contributed by atoms with van der Waals surface area (Å²) < 4.78 is 0. The van der Waals surface area contributed by atoms with Gasteiger partial charge in [-0.1, -0.05) is 85.4 Å². The van der Waals surface area contributed by atoms with E-state index < -0.39 is 0 Å². The van der Waals surface area contributed by atoms with Gasteiger partial charge < -0.3 is 15.3 Å². The summed E-state index contributed by atoms with van der Waals surface area (Å²) in [4.78, 5) is 15.4. The van der Waals surface area contributed by atoms with E-state index in [1.807, 2.05) is 0 Å². The number of nitrogens with zero attached hydrogens (tertiary/aromatic N) is 4. The summed E-state index contributed by atoms with van der Waals surface area (Å²) in [6.07, 6.45) is 12.6. The molecular weight excluding hydrogens is 635 g/mol. The van der Waals surface area contributed by atoms with Crippen molar-refractivity contribution in [3.63, 3.8) is 0 Å². The van der Waals surface area contributed by atoms with Crippen molar-refractivity contribution in [2.75, 3.05) is 0 Å². The van der Waals surface area contributed by atoms with Gasteiger partial charge in [0.2, 0.25) is 0 Å². The van der Waals surface area contributed by atoms with Gasteiger partial charge in [-0.05, 0) is 64.5 Å². The standard InChI is InChI=1S/C32H37N4.Pt/c1-9-21-17(5)25-14-30-23(11-3)19(7)27(35-30)16-32-24(12-4)20(8)28(36-32)15-31-22(10-2)18(6)26(34-31)13-29(21)33-25;/h13-16,25H,9-12H2,1-8H3;/q-3;/b27-16-,28-15-,29-13-,30-14-;. The van der Waals surface area contributed by atoms with E-state index in [0.717, 1.165) is 64.9 Å². The van der Waals surface area contributed by atoms with Crippen molar-refractivity contribution in [2.45, 2.75) is 87.1 Å². The number of aliphatic imine (C=N–C) groups is 1. The smallest absolute Gasteiger partial charge is 0.0660 e. The van der Waals surface area contributed by atoms with Crippen molar-refractivity contribution < 1.29 is 21.1 Å². The summed E-state index contributed by atoms with van der Waals surface area (Å²) in [7, 11) is 0. The van der Waals surface area contributed by atoms with Gasteiger partial charge in [-0.2, -0.15) is 0 Å². The Hall–Kier alpha value is -2.58. The molecule has 0 fully saturated rings. The third-order valence-corrected chi connectivity index (χ3v) is 8.22. The molecule has 3 aliphatic rings. The van der Waals surface area contributed by atoms with Gasteiger partial charge in [-0.25, -0.2) is 4.99 Å². The molecule has 5 heterocycles. The number of fused-ring (bicyclic) bond motifs is 7.